The van der Waals surface area contributed by atoms with Gasteiger partial charge in [-0.1, -0.05) is 6.07 Å². The van der Waals surface area contributed by atoms with Crippen LogP contribution in [0.1, 0.15) is 0 Å². The standard InChI is InChI=1S/C14H15N3O/c18-14(11-9-15-10-11)16-12-4-3-5-13(8-12)17-6-1-2-7-17/h1-8,11,15H,9-10H2,(H,16,18). The minimum Gasteiger partial charge on any atom is -0.326 e. The molecule has 1 aliphatic heterocycles. The first-order valence-electron chi connectivity index (χ1n) is 6.08. The topological polar surface area (TPSA) is 46.1 Å². The van der Waals surface area contributed by atoms with Crippen molar-refractivity contribution in [2.45, 2.75) is 0 Å². The van der Waals surface area contributed by atoms with Crippen LogP contribution in [0, 0.1) is 5.92 Å². The molecule has 2 N–H and O–H groups in total. The molecule has 3 rings (SSSR count). The van der Waals surface area contributed by atoms with Crippen molar-refractivity contribution in [2.24, 2.45) is 5.92 Å². The number of carbonyl (C=O) groups excluding carboxylic acids is 1. The highest BCUT2D eigenvalue weighted by molar-refractivity contribution is 5.93. The normalized spacial score (nSPS) is 15.1. The number of rotatable bonds is 3. The highest BCUT2D eigenvalue weighted by Gasteiger charge is 2.24. The molecular weight excluding hydrogens is 226 g/mol. The van der Waals surface area contributed by atoms with E-state index in [1.807, 2.05) is 53.4 Å². The first kappa shape index (κ1) is 11.0. The van der Waals surface area contributed by atoms with Crippen molar-refractivity contribution < 1.29 is 4.79 Å². The molecule has 4 heteroatoms. The molecule has 92 valence electrons. The lowest BCUT2D eigenvalue weighted by molar-refractivity contribution is -0.121. The molecule has 0 spiro atoms. The molecule has 1 aromatic heterocycles. The summed E-state index contributed by atoms with van der Waals surface area (Å²) in [5.74, 6) is 0.207. The molecule has 2 heterocycles. The van der Waals surface area contributed by atoms with Gasteiger partial charge in [-0.05, 0) is 30.3 Å². The van der Waals surface area contributed by atoms with Crippen LogP contribution in [0.15, 0.2) is 48.8 Å². The van der Waals surface area contributed by atoms with E-state index in [-0.39, 0.29) is 11.8 Å². The van der Waals surface area contributed by atoms with Gasteiger partial charge in [-0.2, -0.15) is 0 Å². The van der Waals surface area contributed by atoms with E-state index in [1.54, 1.807) is 0 Å². The molecule has 0 atom stereocenters. The van der Waals surface area contributed by atoms with E-state index in [4.69, 9.17) is 0 Å². The zero-order valence-electron chi connectivity index (χ0n) is 9.97. The summed E-state index contributed by atoms with van der Waals surface area (Å²) in [6.45, 7) is 1.56. The molecule has 18 heavy (non-hydrogen) atoms. The summed E-state index contributed by atoms with van der Waals surface area (Å²) in [6, 6.07) is 11.8. The summed E-state index contributed by atoms with van der Waals surface area (Å²) in [4.78, 5) is 11.8. The SMILES string of the molecule is O=C(Nc1cccc(-n2cccc2)c1)C1CNC1. The lowest BCUT2D eigenvalue weighted by atomic mass is 10.0. The second kappa shape index (κ2) is 4.66. The number of benzene rings is 1. The summed E-state index contributed by atoms with van der Waals surface area (Å²) >= 11 is 0. The number of amides is 1. The van der Waals surface area contributed by atoms with Crippen molar-refractivity contribution in [3.63, 3.8) is 0 Å². The Morgan fingerprint density at radius 2 is 2.00 bits per heavy atom. The lowest BCUT2D eigenvalue weighted by Crippen LogP contribution is -2.48. The lowest BCUT2D eigenvalue weighted by Gasteiger charge is -2.25. The predicted molar refractivity (Wildman–Crippen MR) is 70.8 cm³/mol. The Labute approximate surface area is 106 Å². The Hall–Kier alpha value is -2.07. The molecular formula is C14H15N3O. The second-order valence-electron chi connectivity index (χ2n) is 4.49. The quantitative estimate of drug-likeness (QED) is 0.858. The van der Waals surface area contributed by atoms with Crippen molar-refractivity contribution >= 4 is 11.6 Å². The van der Waals surface area contributed by atoms with Crippen molar-refractivity contribution in [3.05, 3.63) is 48.8 Å². The fourth-order valence-electron chi connectivity index (χ4n) is 1.97. The average molecular weight is 241 g/mol. The zero-order chi connectivity index (χ0) is 12.4. The summed E-state index contributed by atoms with van der Waals surface area (Å²) in [7, 11) is 0. The van der Waals surface area contributed by atoms with Crippen LogP contribution in [0.5, 0.6) is 0 Å². The number of anilines is 1. The molecule has 0 bridgehead atoms. The van der Waals surface area contributed by atoms with Crippen molar-refractivity contribution in [1.29, 1.82) is 0 Å². The van der Waals surface area contributed by atoms with Crippen LogP contribution in [-0.2, 0) is 4.79 Å². The number of nitrogens with one attached hydrogen (secondary N) is 2. The third kappa shape index (κ3) is 2.15. The van der Waals surface area contributed by atoms with E-state index < -0.39 is 0 Å². The zero-order valence-corrected chi connectivity index (χ0v) is 9.97. The molecule has 1 fully saturated rings. The summed E-state index contributed by atoms with van der Waals surface area (Å²) in [5, 5.41) is 6.05. The Morgan fingerprint density at radius 1 is 1.22 bits per heavy atom. The Balaban J connectivity index is 1.76. The Morgan fingerprint density at radius 3 is 2.67 bits per heavy atom. The molecule has 4 nitrogen and oxygen atoms in total. The van der Waals surface area contributed by atoms with E-state index in [0.29, 0.717) is 0 Å². The highest BCUT2D eigenvalue weighted by Crippen LogP contribution is 2.16. The molecule has 1 amide bonds. The number of carbonyl (C=O) groups is 1. The first-order valence-corrected chi connectivity index (χ1v) is 6.08. The van der Waals surface area contributed by atoms with Gasteiger partial charge >= 0.3 is 0 Å². The largest absolute Gasteiger partial charge is 0.326 e. The van der Waals surface area contributed by atoms with Crippen LogP contribution >= 0.6 is 0 Å². The average Bonchev–Trinajstić information content (AvgIpc) is 2.80. The maximum Gasteiger partial charge on any atom is 0.230 e. The van der Waals surface area contributed by atoms with Crippen molar-refractivity contribution in [1.82, 2.24) is 9.88 Å². The summed E-state index contributed by atoms with van der Waals surface area (Å²) in [5.41, 5.74) is 1.89. The van der Waals surface area contributed by atoms with Gasteiger partial charge in [-0.3, -0.25) is 4.79 Å². The minimum atomic E-state index is 0.0957. The predicted octanol–water partition coefficient (Wildman–Crippen LogP) is 1.64. The number of hydrogen-bond acceptors (Lipinski definition) is 2. The Bertz CT molecular complexity index is 544. The van der Waals surface area contributed by atoms with Gasteiger partial charge in [-0.25, -0.2) is 0 Å². The summed E-state index contributed by atoms with van der Waals surface area (Å²) in [6.07, 6.45) is 3.97. The van der Waals surface area contributed by atoms with Gasteiger partial charge in [0, 0.05) is 36.9 Å². The molecule has 0 radical (unpaired) electrons. The van der Waals surface area contributed by atoms with Crippen LogP contribution in [0.4, 0.5) is 5.69 Å². The van der Waals surface area contributed by atoms with Crippen LogP contribution in [-0.4, -0.2) is 23.6 Å². The minimum absolute atomic E-state index is 0.0957. The monoisotopic (exact) mass is 241 g/mol. The van der Waals surface area contributed by atoms with E-state index in [2.05, 4.69) is 10.6 Å². The maximum absolute atomic E-state index is 11.8. The molecule has 0 unspecified atom stereocenters. The van der Waals surface area contributed by atoms with E-state index >= 15 is 0 Å². The number of hydrogen-bond donors (Lipinski definition) is 2. The fourth-order valence-corrected chi connectivity index (χ4v) is 1.97. The van der Waals surface area contributed by atoms with Crippen LogP contribution in [0.25, 0.3) is 5.69 Å². The molecule has 0 aliphatic carbocycles. The molecule has 1 aliphatic rings. The first-order chi connectivity index (χ1) is 8.83. The molecule has 1 aromatic carbocycles. The molecule has 1 saturated heterocycles. The van der Waals surface area contributed by atoms with Crippen LogP contribution < -0.4 is 10.6 Å². The van der Waals surface area contributed by atoms with Gasteiger partial charge in [0.25, 0.3) is 0 Å². The van der Waals surface area contributed by atoms with Crippen LogP contribution in [0.3, 0.4) is 0 Å². The second-order valence-corrected chi connectivity index (χ2v) is 4.49. The molecule has 2 aromatic rings. The fraction of sp³-hybridized carbons (Fsp3) is 0.214. The third-order valence-corrected chi connectivity index (χ3v) is 3.17. The van der Waals surface area contributed by atoms with Gasteiger partial charge in [-0.15, -0.1) is 0 Å². The van der Waals surface area contributed by atoms with Gasteiger partial charge in [0.05, 0.1) is 5.92 Å². The van der Waals surface area contributed by atoms with Crippen LogP contribution in [0.2, 0.25) is 0 Å². The van der Waals surface area contributed by atoms with E-state index in [9.17, 15) is 4.79 Å². The van der Waals surface area contributed by atoms with Crippen molar-refractivity contribution in [3.8, 4) is 5.69 Å². The highest BCUT2D eigenvalue weighted by atomic mass is 16.2. The third-order valence-electron chi connectivity index (χ3n) is 3.17. The van der Waals surface area contributed by atoms with E-state index in [0.717, 1.165) is 24.5 Å². The smallest absolute Gasteiger partial charge is 0.230 e. The van der Waals surface area contributed by atoms with Gasteiger partial charge in [0.2, 0.25) is 5.91 Å². The Kier molecular flexibility index (Phi) is 2.86. The number of aromatic nitrogens is 1. The van der Waals surface area contributed by atoms with Gasteiger partial charge in [0.1, 0.15) is 0 Å². The van der Waals surface area contributed by atoms with E-state index in [1.165, 1.54) is 0 Å². The van der Waals surface area contributed by atoms with Gasteiger partial charge < -0.3 is 15.2 Å². The molecule has 0 saturated carbocycles. The summed E-state index contributed by atoms with van der Waals surface area (Å²) < 4.78 is 2.01. The number of nitrogens with zero attached hydrogens (tertiary/aromatic N) is 1. The maximum atomic E-state index is 11.8. The van der Waals surface area contributed by atoms with Gasteiger partial charge in [0.15, 0.2) is 0 Å². The van der Waals surface area contributed by atoms with Crippen molar-refractivity contribution in [2.75, 3.05) is 18.4 Å².